The van der Waals surface area contributed by atoms with Crippen LogP contribution in [0.4, 0.5) is 13.2 Å². The van der Waals surface area contributed by atoms with Gasteiger partial charge in [0.2, 0.25) is 5.91 Å². The van der Waals surface area contributed by atoms with Crippen molar-refractivity contribution in [3.05, 3.63) is 47.3 Å². The molecule has 5 rings (SSSR count). The Labute approximate surface area is 235 Å². The minimum Gasteiger partial charge on any atom is -0.493 e. The second-order valence-corrected chi connectivity index (χ2v) is 10.8. The zero-order valence-electron chi connectivity index (χ0n) is 22.6. The van der Waals surface area contributed by atoms with E-state index in [0.717, 1.165) is 12.8 Å². The highest BCUT2D eigenvalue weighted by Gasteiger charge is 2.41. The summed E-state index contributed by atoms with van der Waals surface area (Å²) in [6.45, 7) is 0.944. The quantitative estimate of drug-likeness (QED) is 0.591. The van der Waals surface area contributed by atoms with Crippen molar-refractivity contribution in [1.82, 2.24) is 20.3 Å². The lowest BCUT2D eigenvalue weighted by Gasteiger charge is -2.43. The molecule has 1 saturated carbocycles. The summed E-state index contributed by atoms with van der Waals surface area (Å²) in [6.07, 6.45) is -3.81. The van der Waals surface area contributed by atoms with Crippen molar-refractivity contribution in [2.45, 2.75) is 56.2 Å². The van der Waals surface area contributed by atoms with E-state index in [4.69, 9.17) is 14.0 Å². The van der Waals surface area contributed by atoms with Gasteiger partial charge >= 0.3 is 6.18 Å². The first kappa shape index (κ1) is 28.9. The Kier molecular flexibility index (Phi) is 8.52. The highest BCUT2D eigenvalue weighted by Crippen LogP contribution is 2.40. The van der Waals surface area contributed by atoms with Crippen molar-refractivity contribution >= 4 is 17.7 Å². The Morgan fingerprint density at radius 3 is 2.68 bits per heavy atom. The first-order valence-electron chi connectivity index (χ1n) is 13.9. The van der Waals surface area contributed by atoms with Crippen molar-refractivity contribution in [2.24, 2.45) is 0 Å². The molecule has 2 fully saturated rings. The zero-order chi connectivity index (χ0) is 29.0. The molecule has 1 aromatic carbocycles. The number of benzene rings is 1. The Bertz CT molecular complexity index is 1260. The van der Waals surface area contributed by atoms with E-state index in [0.29, 0.717) is 29.4 Å². The number of hydrogen-bond donors (Lipinski definition) is 1. The molecule has 1 aromatic heterocycles. The van der Waals surface area contributed by atoms with Crippen molar-refractivity contribution < 1.29 is 41.6 Å². The molecule has 0 bridgehead atoms. The van der Waals surface area contributed by atoms with Gasteiger partial charge in [-0.1, -0.05) is 17.3 Å². The third-order valence-electron chi connectivity index (χ3n) is 7.61. The maximum atomic E-state index is 13.4. The summed E-state index contributed by atoms with van der Waals surface area (Å²) in [5, 5.41) is 6.84. The first-order valence-corrected chi connectivity index (χ1v) is 13.9. The Morgan fingerprint density at radius 1 is 1.10 bits per heavy atom. The molecule has 222 valence electrons. The average Bonchev–Trinajstić information content (AvgIpc) is 3.69. The molecule has 0 radical (unpaired) electrons. The summed E-state index contributed by atoms with van der Waals surface area (Å²) in [5.74, 6) is -0.0369. The Hall–Kier alpha value is -3.61. The van der Waals surface area contributed by atoms with E-state index >= 15 is 0 Å². The molecule has 3 heterocycles. The molecule has 10 nitrogen and oxygen atoms in total. The van der Waals surface area contributed by atoms with E-state index < -0.39 is 36.4 Å². The third-order valence-corrected chi connectivity index (χ3v) is 7.61. The summed E-state index contributed by atoms with van der Waals surface area (Å²) >= 11 is 0. The number of fused-ring (bicyclic) bond motifs is 1. The van der Waals surface area contributed by atoms with Crippen molar-refractivity contribution in [3.63, 3.8) is 0 Å². The second-order valence-electron chi connectivity index (χ2n) is 10.8. The van der Waals surface area contributed by atoms with Gasteiger partial charge in [-0.3, -0.25) is 14.4 Å². The number of hydrogen-bond acceptors (Lipinski definition) is 7. The number of amides is 3. The fourth-order valence-corrected chi connectivity index (χ4v) is 5.14. The average molecular weight is 579 g/mol. The minimum absolute atomic E-state index is 0.000663. The summed E-state index contributed by atoms with van der Waals surface area (Å²) in [6, 6.07) is 8.38. The van der Waals surface area contributed by atoms with E-state index in [9.17, 15) is 27.6 Å². The van der Waals surface area contributed by atoms with Crippen LogP contribution in [0.3, 0.4) is 0 Å². The van der Waals surface area contributed by atoms with Crippen LogP contribution in [0.5, 0.6) is 5.75 Å². The van der Waals surface area contributed by atoms with Gasteiger partial charge in [0, 0.05) is 44.6 Å². The SMILES string of the molecule is O=C1NCC2(CCN(C(=O)CCC(F)(F)F)CCCOc3ccccc31)CN(C(=O)c1cc(C3CC3)on1)CCO2. The Morgan fingerprint density at radius 2 is 1.90 bits per heavy atom. The van der Waals surface area contributed by atoms with E-state index in [1.807, 2.05) is 0 Å². The maximum Gasteiger partial charge on any atom is 0.389 e. The molecule has 1 unspecified atom stereocenters. The van der Waals surface area contributed by atoms with Crippen molar-refractivity contribution in [2.75, 3.05) is 45.9 Å². The Balaban J connectivity index is 1.37. The van der Waals surface area contributed by atoms with Crippen LogP contribution in [0.2, 0.25) is 0 Å². The molecule has 2 aromatic rings. The van der Waals surface area contributed by atoms with Gasteiger partial charge in [0.05, 0.1) is 31.7 Å². The van der Waals surface area contributed by atoms with E-state index in [1.54, 1.807) is 35.2 Å². The fraction of sp³-hybridized carbons (Fsp3) is 0.571. The highest BCUT2D eigenvalue weighted by atomic mass is 19.4. The molecule has 3 aliphatic rings. The molecule has 1 atom stereocenters. The van der Waals surface area contributed by atoms with Crippen molar-refractivity contribution in [1.29, 1.82) is 0 Å². The molecular formula is C28H33F3N4O6. The minimum atomic E-state index is -4.45. The number of nitrogens with one attached hydrogen (secondary N) is 1. The fourth-order valence-electron chi connectivity index (χ4n) is 5.14. The predicted octanol–water partition coefficient (Wildman–Crippen LogP) is 3.54. The normalized spacial score (nSPS) is 22.6. The van der Waals surface area contributed by atoms with Gasteiger partial charge in [0.1, 0.15) is 17.1 Å². The largest absolute Gasteiger partial charge is 0.493 e. The maximum absolute atomic E-state index is 13.4. The smallest absolute Gasteiger partial charge is 0.389 e. The first-order chi connectivity index (χ1) is 19.6. The van der Waals surface area contributed by atoms with Crippen LogP contribution in [0.1, 0.15) is 71.0 Å². The summed E-state index contributed by atoms with van der Waals surface area (Å²) in [5.41, 5.74) is -0.592. The molecule has 2 aliphatic heterocycles. The monoisotopic (exact) mass is 578 g/mol. The van der Waals surface area contributed by atoms with Gasteiger partial charge in [-0.25, -0.2) is 0 Å². The van der Waals surface area contributed by atoms with Gasteiger partial charge in [-0.15, -0.1) is 0 Å². The van der Waals surface area contributed by atoms with Gasteiger partial charge in [-0.05, 0) is 37.8 Å². The van der Waals surface area contributed by atoms with Crippen LogP contribution in [-0.2, 0) is 9.53 Å². The number of aromatic nitrogens is 1. The zero-order valence-corrected chi connectivity index (χ0v) is 22.6. The lowest BCUT2D eigenvalue weighted by atomic mass is 9.95. The topological polar surface area (TPSA) is 114 Å². The van der Waals surface area contributed by atoms with Crippen LogP contribution in [0, 0.1) is 0 Å². The predicted molar refractivity (Wildman–Crippen MR) is 138 cm³/mol. The molecule has 1 N–H and O–H groups in total. The molecule has 1 aliphatic carbocycles. The van der Waals surface area contributed by atoms with E-state index in [2.05, 4.69) is 10.5 Å². The van der Waals surface area contributed by atoms with E-state index in [-0.39, 0.29) is 64.0 Å². The number of rotatable bonds is 4. The van der Waals surface area contributed by atoms with E-state index in [1.165, 1.54) is 4.90 Å². The van der Waals surface area contributed by atoms with Gasteiger partial charge in [-0.2, -0.15) is 13.2 Å². The second kappa shape index (κ2) is 12.1. The number of halogens is 3. The van der Waals surface area contributed by atoms with Crippen LogP contribution in [-0.4, -0.2) is 90.4 Å². The number of ether oxygens (including phenoxy) is 2. The number of para-hydroxylation sites is 1. The van der Waals surface area contributed by atoms with Crippen LogP contribution < -0.4 is 10.1 Å². The standard InChI is InChI=1S/C28H33F3N4O6/c29-28(30,31)9-8-24(36)34-11-3-14-39-22-5-2-1-4-20(22)25(37)32-17-27(10-12-34)18-35(13-15-40-27)26(38)21-16-23(41-33-21)19-6-7-19/h1-2,4-5,16,19H,3,6-15,17-18H2,(H,32,37). The van der Waals surface area contributed by atoms with Crippen LogP contribution >= 0.6 is 0 Å². The van der Waals surface area contributed by atoms with Crippen LogP contribution in [0.25, 0.3) is 0 Å². The van der Waals surface area contributed by atoms with Gasteiger partial charge < -0.3 is 29.1 Å². The molecule has 1 spiro atoms. The summed E-state index contributed by atoms with van der Waals surface area (Å²) in [7, 11) is 0. The van der Waals surface area contributed by atoms with Crippen molar-refractivity contribution in [3.8, 4) is 5.75 Å². The number of morpholine rings is 1. The highest BCUT2D eigenvalue weighted by molar-refractivity contribution is 5.97. The van der Waals surface area contributed by atoms with Gasteiger partial charge in [0.25, 0.3) is 11.8 Å². The number of carbonyl (C=O) groups excluding carboxylic acids is 3. The molecule has 1 saturated heterocycles. The lowest BCUT2D eigenvalue weighted by molar-refractivity contribution is -0.150. The number of carbonyl (C=O) groups is 3. The summed E-state index contributed by atoms with van der Waals surface area (Å²) in [4.78, 5) is 42.4. The number of nitrogens with zero attached hydrogens (tertiary/aromatic N) is 3. The van der Waals surface area contributed by atoms with Crippen LogP contribution in [0.15, 0.2) is 34.9 Å². The summed E-state index contributed by atoms with van der Waals surface area (Å²) < 4.78 is 55.9. The van der Waals surface area contributed by atoms with Gasteiger partial charge in [0.15, 0.2) is 5.69 Å². The molecular weight excluding hydrogens is 545 g/mol. The molecule has 13 heteroatoms. The lowest BCUT2D eigenvalue weighted by Crippen LogP contribution is -2.59. The molecule has 3 amide bonds. The number of alkyl halides is 3. The third kappa shape index (κ3) is 7.38. The molecule has 41 heavy (non-hydrogen) atoms.